The Balaban J connectivity index is 1.80. The number of nitrogens with zero attached hydrogens (tertiary/aromatic N) is 4. The van der Waals surface area contributed by atoms with Crippen LogP contribution in [0, 0.1) is 6.92 Å². The standard InChI is InChI=1S/C24H30N4OS/c1-17-12-10-11-15-20(17)21-25-26-23(27(21)6)30-18(2)22(29)28(24(3,4)5)16-19-13-8-7-9-14-19/h7-15,18H,16H2,1-6H3/t18-/m0/s1. The second-order valence-electron chi connectivity index (χ2n) is 8.52. The molecule has 5 nitrogen and oxygen atoms in total. The van der Waals surface area contributed by atoms with Gasteiger partial charge in [0.1, 0.15) is 0 Å². The predicted molar refractivity (Wildman–Crippen MR) is 123 cm³/mol. The van der Waals surface area contributed by atoms with Gasteiger partial charge in [0, 0.05) is 24.7 Å². The van der Waals surface area contributed by atoms with E-state index in [2.05, 4.69) is 56.1 Å². The maximum atomic E-state index is 13.4. The first kappa shape index (κ1) is 22.1. The van der Waals surface area contributed by atoms with Gasteiger partial charge in [0.05, 0.1) is 5.25 Å². The first-order valence-corrected chi connectivity index (χ1v) is 11.0. The zero-order chi connectivity index (χ0) is 21.9. The van der Waals surface area contributed by atoms with Crippen molar-refractivity contribution < 1.29 is 4.79 Å². The molecule has 0 saturated carbocycles. The summed E-state index contributed by atoms with van der Waals surface area (Å²) in [5.41, 5.74) is 3.04. The van der Waals surface area contributed by atoms with E-state index in [0.717, 1.165) is 27.7 Å². The van der Waals surface area contributed by atoms with Gasteiger partial charge in [0.25, 0.3) is 0 Å². The van der Waals surface area contributed by atoms with Crippen molar-refractivity contribution in [3.63, 3.8) is 0 Å². The maximum Gasteiger partial charge on any atom is 0.236 e. The highest BCUT2D eigenvalue weighted by molar-refractivity contribution is 8.00. The van der Waals surface area contributed by atoms with Crippen LogP contribution in [0.3, 0.4) is 0 Å². The van der Waals surface area contributed by atoms with Crippen LogP contribution in [0.2, 0.25) is 0 Å². The van der Waals surface area contributed by atoms with Crippen molar-refractivity contribution in [2.24, 2.45) is 7.05 Å². The Labute approximate surface area is 183 Å². The lowest BCUT2D eigenvalue weighted by molar-refractivity contribution is -0.135. The molecule has 0 unspecified atom stereocenters. The minimum Gasteiger partial charge on any atom is -0.333 e. The summed E-state index contributed by atoms with van der Waals surface area (Å²) >= 11 is 1.45. The van der Waals surface area contributed by atoms with Crippen LogP contribution in [0.1, 0.15) is 38.8 Å². The van der Waals surface area contributed by atoms with Crippen LogP contribution in [0.4, 0.5) is 0 Å². The molecular formula is C24H30N4OS. The lowest BCUT2D eigenvalue weighted by Crippen LogP contribution is -2.48. The summed E-state index contributed by atoms with van der Waals surface area (Å²) in [5.74, 6) is 0.906. The molecule has 0 bridgehead atoms. The second-order valence-corrected chi connectivity index (χ2v) is 9.83. The number of benzene rings is 2. The summed E-state index contributed by atoms with van der Waals surface area (Å²) < 4.78 is 1.97. The van der Waals surface area contributed by atoms with Crippen LogP contribution < -0.4 is 0 Å². The molecule has 0 radical (unpaired) electrons. The average molecular weight is 423 g/mol. The second kappa shape index (κ2) is 9.04. The fourth-order valence-electron chi connectivity index (χ4n) is 3.32. The maximum absolute atomic E-state index is 13.4. The topological polar surface area (TPSA) is 51.0 Å². The molecule has 1 atom stereocenters. The number of aromatic nitrogens is 3. The molecule has 0 spiro atoms. The van der Waals surface area contributed by atoms with Gasteiger partial charge in [-0.3, -0.25) is 4.79 Å². The van der Waals surface area contributed by atoms with E-state index in [0.29, 0.717) is 6.54 Å². The number of hydrogen-bond acceptors (Lipinski definition) is 4. The fourth-order valence-corrected chi connectivity index (χ4v) is 4.19. The van der Waals surface area contributed by atoms with Crippen molar-refractivity contribution in [1.82, 2.24) is 19.7 Å². The molecule has 30 heavy (non-hydrogen) atoms. The van der Waals surface area contributed by atoms with Gasteiger partial charge in [-0.25, -0.2) is 0 Å². The Kier molecular flexibility index (Phi) is 6.66. The molecule has 0 saturated heterocycles. The monoisotopic (exact) mass is 422 g/mol. The van der Waals surface area contributed by atoms with Gasteiger partial charge in [-0.2, -0.15) is 0 Å². The number of aryl methyl sites for hydroxylation is 1. The third-order valence-corrected chi connectivity index (χ3v) is 6.23. The molecule has 0 aliphatic carbocycles. The van der Waals surface area contributed by atoms with E-state index in [9.17, 15) is 4.79 Å². The van der Waals surface area contributed by atoms with Crippen molar-refractivity contribution in [2.75, 3.05) is 0 Å². The predicted octanol–water partition coefficient (Wildman–Crippen LogP) is 5.10. The highest BCUT2D eigenvalue weighted by Crippen LogP contribution is 2.29. The number of rotatable bonds is 6. The summed E-state index contributed by atoms with van der Waals surface area (Å²) in [7, 11) is 1.95. The van der Waals surface area contributed by atoms with Gasteiger partial charge in [-0.05, 0) is 45.7 Å². The lowest BCUT2D eigenvalue weighted by Gasteiger charge is -2.37. The van der Waals surface area contributed by atoms with E-state index in [1.54, 1.807) is 0 Å². The summed E-state index contributed by atoms with van der Waals surface area (Å²) in [6, 6.07) is 18.2. The molecular weight excluding hydrogens is 392 g/mol. The quantitative estimate of drug-likeness (QED) is 0.519. The normalized spacial score (nSPS) is 12.6. The van der Waals surface area contributed by atoms with Crippen LogP contribution in [-0.4, -0.2) is 36.4 Å². The molecule has 6 heteroatoms. The molecule has 0 aliphatic rings. The van der Waals surface area contributed by atoms with Gasteiger partial charge in [-0.15, -0.1) is 10.2 Å². The number of carbonyl (C=O) groups excluding carboxylic acids is 1. The van der Waals surface area contributed by atoms with E-state index < -0.39 is 0 Å². The van der Waals surface area contributed by atoms with Gasteiger partial charge < -0.3 is 9.47 Å². The van der Waals surface area contributed by atoms with E-state index in [1.165, 1.54) is 11.8 Å². The number of carbonyl (C=O) groups is 1. The van der Waals surface area contributed by atoms with Gasteiger partial charge in [0.15, 0.2) is 11.0 Å². The van der Waals surface area contributed by atoms with Crippen molar-refractivity contribution in [3.05, 3.63) is 65.7 Å². The average Bonchev–Trinajstić information content (AvgIpc) is 3.06. The van der Waals surface area contributed by atoms with Crippen molar-refractivity contribution in [3.8, 4) is 11.4 Å². The number of amides is 1. The summed E-state index contributed by atoms with van der Waals surface area (Å²) in [4.78, 5) is 15.3. The third-order valence-electron chi connectivity index (χ3n) is 5.11. The fraction of sp³-hybridized carbons (Fsp3) is 0.375. The Morgan fingerprint density at radius 1 is 1.07 bits per heavy atom. The van der Waals surface area contributed by atoms with E-state index in [4.69, 9.17) is 0 Å². The van der Waals surface area contributed by atoms with E-state index in [-0.39, 0.29) is 16.7 Å². The molecule has 0 N–H and O–H groups in total. The zero-order valence-electron chi connectivity index (χ0n) is 18.6. The first-order valence-electron chi connectivity index (χ1n) is 10.2. The van der Waals surface area contributed by atoms with E-state index >= 15 is 0 Å². The highest BCUT2D eigenvalue weighted by Gasteiger charge is 2.31. The molecule has 3 rings (SSSR count). The number of thioether (sulfide) groups is 1. The molecule has 0 fully saturated rings. The van der Waals surface area contributed by atoms with Crippen molar-refractivity contribution in [2.45, 2.75) is 57.1 Å². The summed E-state index contributed by atoms with van der Waals surface area (Å²) in [6.07, 6.45) is 0. The lowest BCUT2D eigenvalue weighted by atomic mass is 10.0. The summed E-state index contributed by atoms with van der Waals surface area (Å²) in [6.45, 7) is 10.8. The zero-order valence-corrected chi connectivity index (χ0v) is 19.4. The number of hydrogen-bond donors (Lipinski definition) is 0. The Morgan fingerprint density at radius 2 is 1.70 bits per heavy atom. The SMILES string of the molecule is Cc1ccccc1-c1nnc(S[C@@H](C)C(=O)N(Cc2ccccc2)C(C)(C)C)n1C. The van der Waals surface area contributed by atoms with E-state index in [1.807, 2.05) is 59.8 Å². The Morgan fingerprint density at radius 3 is 2.33 bits per heavy atom. The van der Waals surface area contributed by atoms with Crippen LogP contribution in [0.5, 0.6) is 0 Å². The smallest absolute Gasteiger partial charge is 0.236 e. The first-order chi connectivity index (χ1) is 14.2. The molecule has 0 aliphatic heterocycles. The molecule has 2 aromatic carbocycles. The van der Waals surface area contributed by atoms with Crippen molar-refractivity contribution >= 4 is 17.7 Å². The highest BCUT2D eigenvalue weighted by atomic mass is 32.2. The van der Waals surface area contributed by atoms with Crippen LogP contribution >= 0.6 is 11.8 Å². The molecule has 1 heterocycles. The van der Waals surface area contributed by atoms with Crippen LogP contribution in [-0.2, 0) is 18.4 Å². The van der Waals surface area contributed by atoms with Gasteiger partial charge in [0.2, 0.25) is 5.91 Å². The Bertz CT molecular complexity index is 1010. The van der Waals surface area contributed by atoms with Crippen LogP contribution in [0.15, 0.2) is 59.8 Å². The molecule has 158 valence electrons. The summed E-state index contributed by atoms with van der Waals surface area (Å²) in [5, 5.41) is 9.22. The Hall–Kier alpha value is -2.60. The van der Waals surface area contributed by atoms with Crippen LogP contribution in [0.25, 0.3) is 11.4 Å². The molecule has 1 aromatic heterocycles. The largest absolute Gasteiger partial charge is 0.333 e. The van der Waals surface area contributed by atoms with Gasteiger partial charge in [-0.1, -0.05) is 66.4 Å². The third kappa shape index (κ3) is 4.93. The van der Waals surface area contributed by atoms with Gasteiger partial charge >= 0.3 is 0 Å². The van der Waals surface area contributed by atoms with Crippen molar-refractivity contribution in [1.29, 1.82) is 0 Å². The molecule has 3 aromatic rings. The minimum absolute atomic E-state index is 0.0943. The minimum atomic E-state index is -0.284. The molecule has 1 amide bonds.